The minimum atomic E-state index is -0.810. The number of carbonyl (C=O) groups excluding carboxylic acids is 3. The zero-order valence-electron chi connectivity index (χ0n) is 23.8. The van der Waals surface area contributed by atoms with Gasteiger partial charge in [0.1, 0.15) is 6.54 Å². The molecule has 0 aliphatic carbocycles. The third-order valence-electron chi connectivity index (χ3n) is 9.11. The fraction of sp³-hybridized carbons (Fsp3) is 0.531. The number of likely N-dealkylation sites (tertiary alicyclic amines) is 3. The maximum atomic E-state index is 14.0. The maximum absolute atomic E-state index is 14.0. The second kappa shape index (κ2) is 13.1. The monoisotopic (exact) mass is 598 g/mol. The Balaban J connectivity index is 1.25. The highest BCUT2D eigenvalue weighted by Gasteiger charge is 2.55. The van der Waals surface area contributed by atoms with Crippen LogP contribution in [0.1, 0.15) is 67.7 Å². The molecular weight excluding hydrogens is 559 g/mol. The Morgan fingerprint density at radius 2 is 1.78 bits per heavy atom. The SMILES string of the molecule is Cc1c(Cl)cccc1CN1CC[C@]2(CC1=O)C[C@H](c1ccc(Cl)cc1)N(CC(=O)NCCCN1CCCCC1)C2=O. The van der Waals surface area contributed by atoms with Crippen LogP contribution >= 0.6 is 23.2 Å². The average Bonchev–Trinajstić information content (AvgIpc) is 3.22. The largest absolute Gasteiger partial charge is 0.355 e. The Labute approximate surface area is 253 Å². The van der Waals surface area contributed by atoms with Crippen molar-refractivity contribution in [1.82, 2.24) is 20.0 Å². The predicted octanol–water partition coefficient (Wildman–Crippen LogP) is 5.38. The van der Waals surface area contributed by atoms with Crippen LogP contribution < -0.4 is 5.32 Å². The van der Waals surface area contributed by atoms with Crippen LogP contribution in [-0.4, -0.2) is 71.7 Å². The Morgan fingerprint density at radius 3 is 2.51 bits per heavy atom. The van der Waals surface area contributed by atoms with Crippen molar-refractivity contribution in [1.29, 1.82) is 0 Å². The van der Waals surface area contributed by atoms with Crippen LogP contribution in [0, 0.1) is 12.3 Å². The summed E-state index contributed by atoms with van der Waals surface area (Å²) in [5.74, 6) is -0.302. The normalized spacial score (nSPS) is 23.4. The van der Waals surface area contributed by atoms with Gasteiger partial charge in [0.2, 0.25) is 17.7 Å². The number of hydrogen-bond acceptors (Lipinski definition) is 4. The number of benzene rings is 2. The van der Waals surface area contributed by atoms with Gasteiger partial charge in [-0.15, -0.1) is 0 Å². The smallest absolute Gasteiger partial charge is 0.239 e. The summed E-state index contributed by atoms with van der Waals surface area (Å²) in [5, 5.41) is 4.33. The van der Waals surface area contributed by atoms with Gasteiger partial charge in [0.25, 0.3) is 0 Å². The Hall–Kier alpha value is -2.61. The fourth-order valence-electron chi connectivity index (χ4n) is 6.62. The molecule has 1 spiro atoms. The maximum Gasteiger partial charge on any atom is 0.239 e. The molecule has 220 valence electrons. The van der Waals surface area contributed by atoms with Crippen LogP contribution in [0.25, 0.3) is 0 Å². The lowest BCUT2D eigenvalue weighted by Gasteiger charge is -2.37. The van der Waals surface area contributed by atoms with Gasteiger partial charge in [0.15, 0.2) is 0 Å². The average molecular weight is 600 g/mol. The van der Waals surface area contributed by atoms with E-state index < -0.39 is 5.41 Å². The molecule has 9 heteroatoms. The molecule has 0 radical (unpaired) electrons. The summed E-state index contributed by atoms with van der Waals surface area (Å²) in [6, 6.07) is 12.9. The molecule has 0 unspecified atom stereocenters. The first-order valence-corrected chi connectivity index (χ1v) is 15.6. The molecule has 41 heavy (non-hydrogen) atoms. The summed E-state index contributed by atoms with van der Waals surface area (Å²) < 4.78 is 0. The number of nitrogens with one attached hydrogen (secondary N) is 1. The van der Waals surface area contributed by atoms with Crippen molar-refractivity contribution in [3.63, 3.8) is 0 Å². The minimum Gasteiger partial charge on any atom is -0.355 e. The van der Waals surface area contributed by atoms with Gasteiger partial charge in [-0.3, -0.25) is 14.4 Å². The number of hydrogen-bond donors (Lipinski definition) is 1. The molecule has 0 saturated carbocycles. The Bertz CT molecular complexity index is 1260. The van der Waals surface area contributed by atoms with Crippen molar-refractivity contribution in [3.8, 4) is 0 Å². The van der Waals surface area contributed by atoms with E-state index in [2.05, 4.69) is 10.2 Å². The first-order chi connectivity index (χ1) is 19.8. The second-order valence-electron chi connectivity index (χ2n) is 11.9. The van der Waals surface area contributed by atoms with Crippen molar-refractivity contribution in [2.24, 2.45) is 5.41 Å². The lowest BCUT2D eigenvalue weighted by Crippen LogP contribution is -2.48. The van der Waals surface area contributed by atoms with E-state index in [-0.39, 0.29) is 36.7 Å². The van der Waals surface area contributed by atoms with Crippen LogP contribution in [-0.2, 0) is 20.9 Å². The van der Waals surface area contributed by atoms with E-state index in [1.54, 1.807) is 4.90 Å². The van der Waals surface area contributed by atoms with Gasteiger partial charge >= 0.3 is 0 Å². The first kappa shape index (κ1) is 29.9. The van der Waals surface area contributed by atoms with Crippen LogP contribution in [0.2, 0.25) is 10.0 Å². The molecule has 3 aliphatic heterocycles. The molecule has 2 aromatic rings. The van der Waals surface area contributed by atoms with E-state index >= 15 is 0 Å². The summed E-state index contributed by atoms with van der Waals surface area (Å²) >= 11 is 12.5. The van der Waals surface area contributed by atoms with Crippen LogP contribution in [0.5, 0.6) is 0 Å². The fourth-order valence-corrected chi connectivity index (χ4v) is 6.94. The van der Waals surface area contributed by atoms with Crippen molar-refractivity contribution >= 4 is 40.9 Å². The molecule has 2 aromatic carbocycles. The van der Waals surface area contributed by atoms with Crippen molar-refractivity contribution in [3.05, 3.63) is 69.2 Å². The summed E-state index contributed by atoms with van der Waals surface area (Å²) in [6.45, 7) is 6.74. The van der Waals surface area contributed by atoms with Gasteiger partial charge in [0.05, 0.1) is 11.5 Å². The zero-order valence-corrected chi connectivity index (χ0v) is 25.4. The second-order valence-corrected chi connectivity index (χ2v) is 12.7. The number of carbonyl (C=O) groups is 3. The first-order valence-electron chi connectivity index (χ1n) is 14.8. The molecule has 1 N–H and O–H groups in total. The van der Waals surface area contributed by atoms with Gasteiger partial charge in [-0.05, 0) is 93.6 Å². The number of amides is 3. The van der Waals surface area contributed by atoms with E-state index in [1.807, 2.05) is 54.3 Å². The van der Waals surface area contributed by atoms with Gasteiger partial charge in [-0.2, -0.15) is 0 Å². The standard InChI is InChI=1S/C32H40Cl2N4O3/c1-23-25(7-5-8-27(23)34)21-37-18-13-32(20-30(37)40)19-28(24-9-11-26(33)12-10-24)38(31(32)41)22-29(39)35-14-6-17-36-15-3-2-4-16-36/h5,7-12,28H,2-4,6,13-22H2,1H3,(H,35,39)/t28-,32-/m1/s1. The molecule has 3 fully saturated rings. The van der Waals surface area contributed by atoms with E-state index in [0.717, 1.165) is 42.7 Å². The third kappa shape index (κ3) is 6.90. The van der Waals surface area contributed by atoms with Gasteiger partial charge in [-0.25, -0.2) is 0 Å². The molecule has 3 heterocycles. The molecule has 5 rings (SSSR count). The summed E-state index contributed by atoms with van der Waals surface area (Å²) in [7, 11) is 0. The van der Waals surface area contributed by atoms with Crippen molar-refractivity contribution in [2.75, 3.05) is 39.3 Å². The lowest BCUT2D eigenvalue weighted by molar-refractivity contribution is -0.149. The molecule has 2 atom stereocenters. The van der Waals surface area contributed by atoms with Crippen molar-refractivity contribution in [2.45, 2.75) is 64.5 Å². The minimum absolute atomic E-state index is 0.0167. The summed E-state index contributed by atoms with van der Waals surface area (Å²) in [5.41, 5.74) is 2.10. The topological polar surface area (TPSA) is 73.0 Å². The van der Waals surface area contributed by atoms with Crippen LogP contribution in [0.3, 0.4) is 0 Å². The van der Waals surface area contributed by atoms with E-state index in [9.17, 15) is 14.4 Å². The van der Waals surface area contributed by atoms with Crippen LogP contribution in [0.4, 0.5) is 0 Å². The molecule has 0 aromatic heterocycles. The van der Waals surface area contributed by atoms with Gasteiger partial charge in [-0.1, -0.05) is 53.9 Å². The van der Waals surface area contributed by atoms with E-state index in [0.29, 0.717) is 42.5 Å². The van der Waals surface area contributed by atoms with E-state index in [4.69, 9.17) is 23.2 Å². The quantitative estimate of drug-likeness (QED) is 0.393. The number of piperidine rings is 2. The van der Waals surface area contributed by atoms with Crippen LogP contribution in [0.15, 0.2) is 42.5 Å². The lowest BCUT2D eigenvalue weighted by atomic mass is 9.75. The highest BCUT2D eigenvalue weighted by molar-refractivity contribution is 6.31. The van der Waals surface area contributed by atoms with Gasteiger partial charge in [0, 0.05) is 36.1 Å². The third-order valence-corrected chi connectivity index (χ3v) is 9.77. The highest BCUT2D eigenvalue weighted by atomic mass is 35.5. The molecular formula is C32H40Cl2N4O3. The Morgan fingerprint density at radius 1 is 1.02 bits per heavy atom. The predicted molar refractivity (Wildman–Crippen MR) is 162 cm³/mol. The number of rotatable bonds is 9. The zero-order chi connectivity index (χ0) is 29.0. The van der Waals surface area contributed by atoms with Gasteiger partial charge < -0.3 is 20.0 Å². The summed E-state index contributed by atoms with van der Waals surface area (Å²) in [6.07, 6.45) is 5.90. The molecule has 7 nitrogen and oxygen atoms in total. The van der Waals surface area contributed by atoms with E-state index in [1.165, 1.54) is 19.3 Å². The molecule has 3 saturated heterocycles. The number of nitrogens with zero attached hydrogens (tertiary/aromatic N) is 3. The summed E-state index contributed by atoms with van der Waals surface area (Å²) in [4.78, 5) is 46.5. The molecule has 0 bridgehead atoms. The molecule has 3 aliphatic rings. The van der Waals surface area contributed by atoms with Crippen molar-refractivity contribution < 1.29 is 14.4 Å². The molecule has 3 amide bonds. The highest BCUT2D eigenvalue weighted by Crippen LogP contribution is 2.50. The number of halogens is 2. The Kier molecular flexibility index (Phi) is 9.57.